The van der Waals surface area contributed by atoms with Crippen molar-refractivity contribution in [3.63, 3.8) is 0 Å². The fourth-order valence-corrected chi connectivity index (χ4v) is 6.44. The summed E-state index contributed by atoms with van der Waals surface area (Å²) in [7, 11) is 0. The number of aromatic amines is 1. The first-order chi connectivity index (χ1) is 22.3. The van der Waals surface area contributed by atoms with Gasteiger partial charge in [0.2, 0.25) is 0 Å². The molecule has 5 aromatic rings. The van der Waals surface area contributed by atoms with Crippen LogP contribution in [0.4, 0.5) is 10.1 Å². The molecule has 3 heterocycles. The lowest BCUT2D eigenvalue weighted by Gasteiger charge is -2.32. The maximum atomic E-state index is 14.5. The normalized spacial score (nSPS) is 15.1. The molecule has 2 aromatic carbocycles. The maximum Gasteiger partial charge on any atom is 0.259 e. The average molecular weight is 620 g/mol. The number of H-pyrrole nitrogens is 1. The molecule has 0 atom stereocenters. The van der Waals surface area contributed by atoms with E-state index in [9.17, 15) is 19.1 Å². The van der Waals surface area contributed by atoms with Crippen molar-refractivity contribution in [1.29, 1.82) is 0 Å². The van der Waals surface area contributed by atoms with Crippen molar-refractivity contribution in [2.75, 3.05) is 11.4 Å². The smallest absolute Gasteiger partial charge is 0.259 e. The predicted molar refractivity (Wildman–Crippen MR) is 176 cm³/mol. The highest BCUT2D eigenvalue weighted by molar-refractivity contribution is 6.06. The fourth-order valence-electron chi connectivity index (χ4n) is 6.44. The van der Waals surface area contributed by atoms with E-state index < -0.39 is 5.82 Å². The number of amides is 1. The zero-order valence-electron chi connectivity index (χ0n) is 26.0. The molecule has 0 bridgehead atoms. The zero-order chi connectivity index (χ0) is 31.8. The van der Waals surface area contributed by atoms with Gasteiger partial charge in [-0.05, 0) is 85.9 Å². The summed E-state index contributed by atoms with van der Waals surface area (Å²) < 4.78 is 16.2. The minimum atomic E-state index is -0.413. The van der Waals surface area contributed by atoms with Gasteiger partial charge >= 0.3 is 0 Å². The van der Waals surface area contributed by atoms with E-state index in [1.165, 1.54) is 12.5 Å². The Bertz CT molecular complexity index is 1940. The van der Waals surface area contributed by atoms with E-state index in [0.717, 1.165) is 49.0 Å². The van der Waals surface area contributed by atoms with Crippen LogP contribution in [0.15, 0.2) is 71.7 Å². The SMILES string of the molecule is Cc1ccc(C(=O)N(CC2CCC2)c2ccc(Cc3nc4c([nH]3)c(O)c(Cc3ccccc3F)c(=O)n4CC3CCC3)cc2)cn1. The topological polar surface area (TPSA) is 104 Å². The molecule has 2 saturated carbocycles. The van der Waals surface area contributed by atoms with E-state index in [-0.39, 0.29) is 29.2 Å². The summed E-state index contributed by atoms with van der Waals surface area (Å²) in [6, 6.07) is 17.9. The number of nitrogens with one attached hydrogen (secondary N) is 1. The number of anilines is 1. The van der Waals surface area contributed by atoms with Crippen LogP contribution in [0.25, 0.3) is 11.2 Å². The monoisotopic (exact) mass is 619 g/mol. The van der Waals surface area contributed by atoms with E-state index in [1.54, 1.807) is 29.0 Å². The van der Waals surface area contributed by atoms with Crippen molar-refractivity contribution < 1.29 is 14.3 Å². The number of pyridine rings is 2. The van der Waals surface area contributed by atoms with Crippen molar-refractivity contribution in [2.45, 2.75) is 64.8 Å². The first kappa shape index (κ1) is 29.9. The number of imidazole rings is 1. The molecule has 0 radical (unpaired) electrons. The number of aromatic hydroxyl groups is 1. The van der Waals surface area contributed by atoms with Gasteiger partial charge in [-0.15, -0.1) is 0 Å². The summed E-state index contributed by atoms with van der Waals surface area (Å²) >= 11 is 0. The van der Waals surface area contributed by atoms with Crippen LogP contribution in [-0.4, -0.2) is 37.1 Å². The van der Waals surface area contributed by atoms with Crippen LogP contribution in [-0.2, 0) is 19.4 Å². The fraction of sp³-hybridized carbons (Fsp3) is 0.351. The quantitative estimate of drug-likeness (QED) is 0.181. The van der Waals surface area contributed by atoms with E-state index in [2.05, 4.69) is 9.97 Å². The lowest BCUT2D eigenvalue weighted by atomic mass is 9.85. The number of fused-ring (bicyclic) bond motifs is 1. The van der Waals surface area contributed by atoms with Crippen LogP contribution in [0.5, 0.6) is 5.75 Å². The largest absolute Gasteiger partial charge is 0.505 e. The first-order valence-electron chi connectivity index (χ1n) is 16.2. The third-order valence-electron chi connectivity index (χ3n) is 9.69. The number of hydrogen-bond acceptors (Lipinski definition) is 5. The number of nitrogens with zero attached hydrogens (tertiary/aromatic N) is 4. The van der Waals surface area contributed by atoms with Gasteiger partial charge in [-0.2, -0.15) is 0 Å². The average Bonchev–Trinajstić information content (AvgIpc) is 3.43. The number of hydrogen-bond donors (Lipinski definition) is 2. The second-order valence-corrected chi connectivity index (χ2v) is 12.9. The number of aromatic nitrogens is 4. The third-order valence-corrected chi connectivity index (χ3v) is 9.69. The molecule has 236 valence electrons. The minimum absolute atomic E-state index is 0.0114. The van der Waals surface area contributed by atoms with Gasteiger partial charge in [0.1, 0.15) is 17.2 Å². The summed E-state index contributed by atoms with van der Waals surface area (Å²) in [5, 5.41) is 11.3. The third kappa shape index (κ3) is 5.94. The molecule has 9 heteroatoms. The van der Waals surface area contributed by atoms with Gasteiger partial charge < -0.3 is 15.0 Å². The predicted octanol–water partition coefficient (Wildman–Crippen LogP) is 6.70. The Kier molecular flexibility index (Phi) is 8.15. The highest BCUT2D eigenvalue weighted by Gasteiger charge is 2.27. The van der Waals surface area contributed by atoms with E-state index in [0.29, 0.717) is 59.5 Å². The second-order valence-electron chi connectivity index (χ2n) is 12.9. The Morgan fingerprint density at radius 1 is 1.00 bits per heavy atom. The molecule has 0 unspecified atom stereocenters. The molecular weight excluding hydrogens is 581 g/mol. The summed E-state index contributed by atoms with van der Waals surface area (Å²) in [5.41, 5.74) is 4.23. The minimum Gasteiger partial charge on any atom is -0.505 e. The van der Waals surface area contributed by atoms with E-state index in [4.69, 9.17) is 4.98 Å². The van der Waals surface area contributed by atoms with E-state index >= 15 is 0 Å². The molecule has 8 nitrogen and oxygen atoms in total. The molecule has 2 aliphatic rings. The van der Waals surface area contributed by atoms with Gasteiger partial charge in [0.25, 0.3) is 11.5 Å². The molecule has 0 saturated heterocycles. The maximum absolute atomic E-state index is 14.5. The van der Waals surface area contributed by atoms with Gasteiger partial charge in [0.15, 0.2) is 11.4 Å². The van der Waals surface area contributed by atoms with Crippen LogP contribution < -0.4 is 10.5 Å². The van der Waals surface area contributed by atoms with Crippen LogP contribution in [0.1, 0.15) is 77.1 Å². The van der Waals surface area contributed by atoms with Crippen LogP contribution >= 0.6 is 0 Å². The van der Waals surface area contributed by atoms with Crippen molar-refractivity contribution in [3.05, 3.63) is 117 Å². The summed E-state index contributed by atoms with van der Waals surface area (Å²) in [6.45, 7) is 3.09. The number of halogens is 1. The summed E-state index contributed by atoms with van der Waals surface area (Å²) in [4.78, 5) is 41.5. The molecule has 46 heavy (non-hydrogen) atoms. The van der Waals surface area contributed by atoms with Gasteiger partial charge in [-0.3, -0.25) is 19.1 Å². The first-order valence-corrected chi connectivity index (χ1v) is 16.2. The van der Waals surface area contributed by atoms with Gasteiger partial charge in [-0.25, -0.2) is 9.37 Å². The molecule has 2 N–H and O–H groups in total. The Morgan fingerprint density at radius 3 is 2.39 bits per heavy atom. The van der Waals surface area contributed by atoms with Crippen LogP contribution in [0.3, 0.4) is 0 Å². The Hall–Kier alpha value is -4.79. The molecule has 7 rings (SSSR count). The lowest BCUT2D eigenvalue weighted by molar-refractivity contribution is 0.0977. The van der Waals surface area contributed by atoms with Gasteiger partial charge in [0, 0.05) is 43.5 Å². The molecule has 0 aliphatic heterocycles. The Labute approximate surface area is 267 Å². The highest BCUT2D eigenvalue weighted by atomic mass is 19.1. The summed E-state index contributed by atoms with van der Waals surface area (Å²) in [5.74, 6) is 0.820. The molecule has 2 aliphatic carbocycles. The molecule has 3 aromatic heterocycles. The van der Waals surface area contributed by atoms with Crippen LogP contribution in [0.2, 0.25) is 0 Å². The summed E-state index contributed by atoms with van der Waals surface area (Å²) in [6.07, 6.45) is 8.74. The van der Waals surface area contributed by atoms with Gasteiger partial charge in [0.05, 0.1) is 11.1 Å². The molecule has 2 fully saturated rings. The number of carbonyl (C=O) groups is 1. The highest BCUT2D eigenvalue weighted by Crippen LogP contribution is 2.33. The van der Waals surface area contributed by atoms with Gasteiger partial charge in [-0.1, -0.05) is 43.2 Å². The number of benzene rings is 2. The lowest BCUT2D eigenvalue weighted by Crippen LogP contribution is -2.37. The van der Waals surface area contributed by atoms with Crippen molar-refractivity contribution in [1.82, 2.24) is 19.5 Å². The molecule has 0 spiro atoms. The molecular formula is C37H38FN5O3. The van der Waals surface area contributed by atoms with Crippen molar-refractivity contribution in [3.8, 4) is 5.75 Å². The van der Waals surface area contributed by atoms with E-state index in [1.807, 2.05) is 48.2 Å². The Morgan fingerprint density at radius 2 is 1.74 bits per heavy atom. The number of aryl methyl sites for hydroxylation is 1. The van der Waals surface area contributed by atoms with Crippen molar-refractivity contribution in [2.24, 2.45) is 11.8 Å². The number of rotatable bonds is 10. The Balaban J connectivity index is 1.18. The van der Waals surface area contributed by atoms with Crippen molar-refractivity contribution >= 4 is 22.8 Å². The second kappa shape index (κ2) is 12.5. The molecule has 1 amide bonds. The zero-order valence-corrected chi connectivity index (χ0v) is 26.0. The number of carbonyl (C=O) groups excluding carboxylic acids is 1. The standard InChI is InChI=1S/C37H38FN5O3/c1-23-12-15-28(20-39-23)36(45)42(21-25-6-4-7-25)29-16-13-24(14-17-29)18-32-40-33-34(44)30(19-27-10-2-3-11-31(27)38)37(46)43(35(33)41-32)22-26-8-5-9-26/h2-3,10-17,20,25-26,44H,4-9,18-19,21-22H2,1H3,(H,40,41). The van der Waals surface area contributed by atoms with Crippen LogP contribution in [0, 0.1) is 24.6 Å².